The van der Waals surface area contributed by atoms with E-state index in [0.717, 1.165) is 12.1 Å². The molecule has 2 aromatic carbocycles. The van der Waals surface area contributed by atoms with Crippen LogP contribution in [-0.2, 0) is 4.79 Å². The van der Waals surface area contributed by atoms with E-state index in [0.29, 0.717) is 17.1 Å². The average Bonchev–Trinajstić information content (AvgIpc) is 3.10. The van der Waals surface area contributed by atoms with Gasteiger partial charge < -0.3 is 15.2 Å². The van der Waals surface area contributed by atoms with Crippen LogP contribution in [0.3, 0.4) is 0 Å². The van der Waals surface area contributed by atoms with Crippen LogP contribution < -0.4 is 10.1 Å². The van der Waals surface area contributed by atoms with Gasteiger partial charge in [-0.25, -0.2) is 9.69 Å². The number of anilines is 1. The zero-order valence-electron chi connectivity index (χ0n) is 31.1. The number of carbonyl (C=O) groups is 1. The minimum atomic E-state index is -1.11. The number of amides is 1. The minimum absolute atomic E-state index is 0. The van der Waals surface area contributed by atoms with Crippen molar-refractivity contribution in [1.29, 1.82) is 0 Å². The summed E-state index contributed by atoms with van der Waals surface area (Å²) >= 11 is 0. The molecule has 0 aromatic heterocycles. The molecule has 2 N–H and O–H groups in total. The normalized spacial score (nSPS) is 10.1. The number of aromatic hydroxyl groups is 1. The quantitative estimate of drug-likeness (QED) is 0.0832. The molecule has 34 radical (unpaired) electrons. The zero-order valence-corrected chi connectivity index (χ0v) is 31.1. The van der Waals surface area contributed by atoms with Gasteiger partial charge in [0.2, 0.25) is 0 Å². The number of nitro benzene ring substituents is 1. The van der Waals surface area contributed by atoms with E-state index in [1.807, 2.05) is 0 Å². The maximum Gasteiger partial charge on any atom is 0.300 e. The molecule has 0 aliphatic carbocycles. The lowest BCUT2D eigenvalue weighted by atomic mass is 8.30. The van der Waals surface area contributed by atoms with Crippen molar-refractivity contribution in [3.05, 3.63) is 69.3 Å². The van der Waals surface area contributed by atoms with Crippen LogP contribution in [0.1, 0.15) is 7.43 Å². The van der Waals surface area contributed by atoms with Crippen LogP contribution in [0.5, 0.6) is 11.5 Å². The number of nitrogens with one attached hydrogen (secondary N) is 1. The number of benzene rings is 2. The summed E-state index contributed by atoms with van der Waals surface area (Å²) in [6, 6.07) is 8.41. The van der Waals surface area contributed by atoms with Gasteiger partial charge in [0.25, 0.3) is 5.91 Å². The highest BCUT2D eigenvalue weighted by molar-refractivity contribution is 8.28. The summed E-state index contributed by atoms with van der Waals surface area (Å²) in [6.07, 6.45) is -15.2. The number of nitro groups is 1. The van der Waals surface area contributed by atoms with E-state index < -0.39 is 112 Å². The molecule has 9 nitrogen and oxygen atoms in total. The van der Waals surface area contributed by atoms with Gasteiger partial charge in [-0.3, -0.25) is 14.9 Å². The Bertz CT molecular complexity index is 1650. The molecule has 0 unspecified atom stereocenters. The smallest absolute Gasteiger partial charge is 0.300 e. The van der Waals surface area contributed by atoms with Gasteiger partial charge in [-0.15, -0.1) is 0 Å². The molecule has 0 saturated carbocycles. The van der Waals surface area contributed by atoms with Gasteiger partial charge in [-0.1, -0.05) is 19.6 Å². The number of carbonyl (C=O) groups excluding carboxylic acids is 1. The number of hydrogen-bond donors (Lipinski definition) is 2. The maximum atomic E-state index is 10.9. The van der Waals surface area contributed by atoms with E-state index in [9.17, 15) is 14.9 Å². The molecule has 1 aliphatic rings. The third-order valence-corrected chi connectivity index (χ3v) is 9.23. The molecular formula is C17H14B32N4O5. The van der Waals surface area contributed by atoms with Gasteiger partial charge >= 0.3 is 5.69 Å². The Kier molecular flexibility index (Phi) is 25.4. The summed E-state index contributed by atoms with van der Waals surface area (Å²) in [5.41, 5.74) is 0.761. The largest absolute Gasteiger partial charge is 0.502 e. The van der Waals surface area contributed by atoms with Crippen molar-refractivity contribution < 1.29 is 19.6 Å². The summed E-state index contributed by atoms with van der Waals surface area (Å²) in [5.74, 6) is 0.00836. The van der Waals surface area contributed by atoms with Gasteiger partial charge in [0.15, 0.2) is 23.7 Å². The molecule has 1 amide bonds. The van der Waals surface area contributed by atoms with E-state index in [4.69, 9.17) is 155 Å². The number of fused-ring (bicyclic) bond motifs is 1. The predicted octanol–water partition coefficient (Wildman–Crippen LogP) is -8.13. The summed E-state index contributed by atoms with van der Waals surface area (Å²) < 4.78 is 5.12. The van der Waals surface area contributed by atoms with Crippen LogP contribution in [0, 0.1) is 23.3 Å². The number of phenolic OH excluding ortho intramolecular Hbond substituents is 1. The number of rotatable bonds is 15. The number of hydrogen-bond acceptors (Lipinski definition) is 5. The summed E-state index contributed by atoms with van der Waals surface area (Å²) in [7, 11) is 103. The Labute approximate surface area is 373 Å². The van der Waals surface area contributed by atoms with Crippen LogP contribution >= 0.6 is 0 Å². The molecule has 1 aliphatic heterocycles. The Morgan fingerprint density at radius 1 is 0.621 bits per heavy atom. The average molecular weight is 700 g/mol. The first-order valence-electron chi connectivity index (χ1n) is 17.1. The molecule has 58 heavy (non-hydrogen) atoms. The standard InChI is InChI=1S/C9H6N2O2.C7H4N2O3.CH4.B32/c1-10-6-2-3-8-7(4-6)11-9(12)5-13-8;1-8-5-2-3-7(10)6(4-5)9(11)12;;1-18(2)26(17)30(25(15)16)32(29(23(11)12)24(13)14)31(27(19(3)4)20(5)6)28(21(7)8)22(9)10/h2-4H,5H2,(H,11,12);2-4,10H;1H4;. The van der Waals surface area contributed by atoms with Gasteiger partial charge in [0.1, 0.15) is 5.75 Å². The number of ether oxygens (including phenoxy) is 1. The Hall–Kier alpha value is -2.03. The predicted molar refractivity (Wildman–Crippen MR) is 279 cm³/mol. The van der Waals surface area contributed by atoms with Crippen LogP contribution in [-0.4, -0.2) is 250 Å². The first kappa shape index (κ1) is 56.0. The number of phenols is 1. The van der Waals surface area contributed by atoms with Crippen LogP contribution in [0.4, 0.5) is 22.7 Å². The Morgan fingerprint density at radius 2 is 1.00 bits per heavy atom. The minimum Gasteiger partial charge on any atom is -0.502 e. The Morgan fingerprint density at radius 3 is 1.36 bits per heavy atom. The topological polar surface area (TPSA) is 110 Å². The molecule has 2 aromatic rings. The monoisotopic (exact) mass is 706 g/mol. The van der Waals surface area contributed by atoms with Crippen LogP contribution in [0.15, 0.2) is 36.4 Å². The fraction of sp³-hybridized carbons (Fsp3) is 0.118. The summed E-state index contributed by atoms with van der Waals surface area (Å²) in [6.45, 7) is 13.4. The van der Waals surface area contributed by atoms with E-state index in [1.54, 1.807) is 18.2 Å². The van der Waals surface area contributed by atoms with E-state index >= 15 is 0 Å². The van der Waals surface area contributed by atoms with Gasteiger partial charge in [-0.2, -0.15) is 0 Å². The van der Waals surface area contributed by atoms with E-state index in [1.165, 1.54) is 6.07 Å². The lowest BCUT2D eigenvalue weighted by Gasteiger charge is -2.51. The molecule has 0 saturated heterocycles. The molecule has 41 heteroatoms. The Balaban J connectivity index is 0.00000101. The molecule has 3 rings (SSSR count). The second kappa shape index (κ2) is 26.3. The lowest BCUT2D eigenvalue weighted by Crippen LogP contribution is -2.89. The van der Waals surface area contributed by atoms with Gasteiger partial charge in [0.05, 0.1) is 23.8 Å². The van der Waals surface area contributed by atoms with Crippen molar-refractivity contribution in [2.45, 2.75) is 7.43 Å². The second-order valence-electron chi connectivity index (χ2n) is 13.3. The third-order valence-electron chi connectivity index (χ3n) is 9.23. The highest BCUT2D eigenvalue weighted by atomic mass is 16.6. The molecule has 1 heterocycles. The van der Waals surface area contributed by atoms with Crippen molar-refractivity contribution in [1.82, 2.24) is 0 Å². The highest BCUT2D eigenvalue weighted by Gasteiger charge is 2.53. The van der Waals surface area contributed by atoms with Crippen molar-refractivity contribution in [2.24, 2.45) is 0 Å². The molecule has 0 spiro atoms. The molecular weight excluding hydrogens is 686 g/mol. The first-order valence-corrected chi connectivity index (χ1v) is 17.1. The van der Waals surface area contributed by atoms with Crippen molar-refractivity contribution in [2.75, 3.05) is 11.9 Å². The van der Waals surface area contributed by atoms with Gasteiger partial charge in [-0.05, 0) is 18.2 Å². The second-order valence-corrected chi connectivity index (χ2v) is 13.3. The summed E-state index contributed by atoms with van der Waals surface area (Å²) in [5, 5.41) is 21.8. The fourth-order valence-corrected chi connectivity index (χ4v) is 6.74. The van der Waals surface area contributed by atoms with Crippen molar-refractivity contribution >= 4 is 256 Å². The molecule has 0 fully saturated rings. The lowest BCUT2D eigenvalue weighted by molar-refractivity contribution is -0.385. The van der Waals surface area contributed by atoms with E-state index in [-0.39, 0.29) is 25.6 Å². The number of nitrogens with zero attached hydrogens (tertiary/aromatic N) is 3. The molecule has 0 bridgehead atoms. The summed E-state index contributed by atoms with van der Waals surface area (Å²) in [4.78, 5) is 26.6. The van der Waals surface area contributed by atoms with E-state index in [2.05, 4.69) is 15.0 Å². The molecule has 0 atom stereocenters. The SMILES string of the molecule is C.[B]B([B])B([B])B(B([B])[B])B(B(B([B])[B])B([B])[B])B(B(B([B])[B])B([B])[B])B(B([B])[B])B([B])[B].[C-]#[N+]c1ccc(O)c([N+](=O)[O-])c1.[C-]#[N+]c1ccc2c(c1)NC(=O)CO2. The first-order chi connectivity index (χ1) is 26.4. The van der Waals surface area contributed by atoms with Gasteiger partial charge in [0, 0.05) is 233 Å². The van der Waals surface area contributed by atoms with Crippen LogP contribution in [0.2, 0.25) is 0 Å². The third kappa shape index (κ3) is 16.1. The fourth-order valence-electron chi connectivity index (χ4n) is 6.74. The van der Waals surface area contributed by atoms with Crippen LogP contribution in [0.25, 0.3) is 9.69 Å². The highest BCUT2D eigenvalue weighted by Crippen LogP contribution is 2.31. The van der Waals surface area contributed by atoms with Crippen molar-refractivity contribution in [3.8, 4) is 11.5 Å². The molecule has 228 valence electrons. The van der Waals surface area contributed by atoms with Crippen molar-refractivity contribution in [3.63, 3.8) is 0 Å². The maximum absolute atomic E-state index is 10.9. The zero-order chi connectivity index (χ0) is 44.1.